The zero-order valence-electron chi connectivity index (χ0n) is 15.6. The van der Waals surface area contributed by atoms with Crippen molar-refractivity contribution in [3.05, 3.63) is 64.9 Å². The molecule has 1 amide bonds. The van der Waals surface area contributed by atoms with Crippen LogP contribution in [0.3, 0.4) is 0 Å². The minimum absolute atomic E-state index is 0.0129. The Morgan fingerprint density at radius 1 is 1.07 bits per heavy atom. The number of ether oxygens (including phenoxy) is 1. The molecule has 144 valence electrons. The van der Waals surface area contributed by atoms with Gasteiger partial charge >= 0.3 is 0 Å². The Balaban J connectivity index is 1.54. The van der Waals surface area contributed by atoms with Crippen LogP contribution in [0.15, 0.2) is 48.5 Å². The van der Waals surface area contributed by atoms with Gasteiger partial charge in [0.2, 0.25) is 0 Å². The lowest BCUT2D eigenvalue weighted by Crippen LogP contribution is -2.58. The number of hydrogen-bond acceptors (Lipinski definition) is 3. The summed E-state index contributed by atoms with van der Waals surface area (Å²) in [7, 11) is 0. The highest BCUT2D eigenvalue weighted by Gasteiger charge is 2.31. The van der Waals surface area contributed by atoms with E-state index in [-0.39, 0.29) is 30.4 Å². The van der Waals surface area contributed by atoms with E-state index in [1.807, 2.05) is 17.0 Å². The minimum Gasteiger partial charge on any atom is -0.484 e. The van der Waals surface area contributed by atoms with Gasteiger partial charge in [-0.3, -0.25) is 9.69 Å². The number of nitrogens with zero attached hydrogens (tertiary/aromatic N) is 2. The molecule has 1 aliphatic rings. The summed E-state index contributed by atoms with van der Waals surface area (Å²) in [5.74, 6) is 0.379. The van der Waals surface area contributed by atoms with Crippen LogP contribution in [0.25, 0.3) is 0 Å². The second kappa shape index (κ2) is 8.72. The molecule has 4 nitrogen and oxygen atoms in total. The molecule has 1 heterocycles. The predicted octanol–water partition coefficient (Wildman–Crippen LogP) is 3.98. The standard InChI is InChI=1S/C21H24ClFN2O2/c1-15-11-24(21(26)14-27-20-9-5-18(22)6-10-20)12-16(2)25(15)13-17-3-7-19(23)8-4-17/h3-10,15-16H,11-14H2,1-2H3/t15-,16-/m1/s1. The van der Waals surface area contributed by atoms with Crippen LogP contribution >= 0.6 is 11.6 Å². The molecule has 0 spiro atoms. The van der Waals surface area contributed by atoms with Gasteiger partial charge in [-0.1, -0.05) is 23.7 Å². The zero-order chi connectivity index (χ0) is 19.4. The highest BCUT2D eigenvalue weighted by molar-refractivity contribution is 6.30. The van der Waals surface area contributed by atoms with Crippen molar-refractivity contribution in [1.82, 2.24) is 9.80 Å². The van der Waals surface area contributed by atoms with Crippen LogP contribution in [-0.4, -0.2) is 47.5 Å². The molecule has 1 aliphatic heterocycles. The summed E-state index contributed by atoms with van der Waals surface area (Å²) in [5.41, 5.74) is 1.07. The van der Waals surface area contributed by atoms with E-state index in [4.69, 9.17) is 16.3 Å². The molecule has 0 radical (unpaired) electrons. The van der Waals surface area contributed by atoms with Gasteiger partial charge in [-0.2, -0.15) is 0 Å². The molecule has 1 saturated heterocycles. The Labute approximate surface area is 164 Å². The van der Waals surface area contributed by atoms with Gasteiger partial charge in [-0.05, 0) is 55.8 Å². The average molecular weight is 391 g/mol. The predicted molar refractivity (Wildman–Crippen MR) is 104 cm³/mol. The second-order valence-corrected chi connectivity index (χ2v) is 7.47. The maximum atomic E-state index is 13.1. The van der Waals surface area contributed by atoms with Gasteiger partial charge in [0.1, 0.15) is 11.6 Å². The number of carbonyl (C=O) groups is 1. The maximum Gasteiger partial charge on any atom is 0.260 e. The number of hydrogen-bond donors (Lipinski definition) is 0. The Hall–Kier alpha value is -2.11. The van der Waals surface area contributed by atoms with Gasteiger partial charge in [0.15, 0.2) is 6.61 Å². The Morgan fingerprint density at radius 2 is 1.67 bits per heavy atom. The molecular formula is C21H24ClFN2O2. The highest BCUT2D eigenvalue weighted by Crippen LogP contribution is 2.20. The van der Waals surface area contributed by atoms with E-state index in [2.05, 4.69) is 18.7 Å². The summed E-state index contributed by atoms with van der Waals surface area (Å²) in [6.07, 6.45) is 0. The molecule has 0 saturated carbocycles. The van der Waals surface area contributed by atoms with Crippen molar-refractivity contribution in [3.8, 4) is 5.75 Å². The molecule has 1 fully saturated rings. The summed E-state index contributed by atoms with van der Waals surface area (Å²) in [6, 6.07) is 14.0. The largest absolute Gasteiger partial charge is 0.484 e. The van der Waals surface area contributed by atoms with E-state index >= 15 is 0 Å². The molecule has 6 heteroatoms. The fourth-order valence-corrected chi connectivity index (χ4v) is 3.57. The van der Waals surface area contributed by atoms with Crippen molar-refractivity contribution in [2.75, 3.05) is 19.7 Å². The summed E-state index contributed by atoms with van der Waals surface area (Å²) in [6.45, 7) is 6.27. The quantitative estimate of drug-likeness (QED) is 0.774. The molecule has 0 aromatic heterocycles. The van der Waals surface area contributed by atoms with Gasteiger partial charge in [0, 0.05) is 36.7 Å². The van der Waals surface area contributed by atoms with Crippen LogP contribution < -0.4 is 4.74 Å². The normalized spacial score (nSPS) is 20.5. The van der Waals surface area contributed by atoms with Gasteiger partial charge in [0.05, 0.1) is 0 Å². The second-order valence-electron chi connectivity index (χ2n) is 7.04. The number of halogens is 2. The minimum atomic E-state index is -0.226. The van der Waals surface area contributed by atoms with E-state index in [1.54, 1.807) is 24.3 Å². The van der Waals surface area contributed by atoms with E-state index in [0.29, 0.717) is 23.9 Å². The number of amides is 1. The number of piperazine rings is 1. The fraction of sp³-hybridized carbons (Fsp3) is 0.381. The van der Waals surface area contributed by atoms with Gasteiger partial charge in [-0.15, -0.1) is 0 Å². The lowest BCUT2D eigenvalue weighted by Gasteiger charge is -2.44. The topological polar surface area (TPSA) is 32.8 Å². The zero-order valence-corrected chi connectivity index (χ0v) is 16.3. The van der Waals surface area contributed by atoms with Crippen LogP contribution in [-0.2, 0) is 11.3 Å². The first-order valence-electron chi connectivity index (χ1n) is 9.08. The van der Waals surface area contributed by atoms with E-state index in [9.17, 15) is 9.18 Å². The first-order valence-corrected chi connectivity index (χ1v) is 9.46. The van der Waals surface area contributed by atoms with Gasteiger partial charge in [0.25, 0.3) is 5.91 Å². The van der Waals surface area contributed by atoms with E-state index < -0.39 is 0 Å². The van der Waals surface area contributed by atoms with Crippen LogP contribution in [0.4, 0.5) is 4.39 Å². The van der Waals surface area contributed by atoms with Crippen LogP contribution in [0, 0.1) is 5.82 Å². The summed E-state index contributed by atoms with van der Waals surface area (Å²) in [5, 5.41) is 0.633. The lowest BCUT2D eigenvalue weighted by atomic mass is 10.1. The smallest absolute Gasteiger partial charge is 0.260 e. The molecule has 0 aliphatic carbocycles. The summed E-state index contributed by atoms with van der Waals surface area (Å²) >= 11 is 5.85. The highest BCUT2D eigenvalue weighted by atomic mass is 35.5. The Bertz CT molecular complexity index is 755. The SMILES string of the molecule is C[C@@H]1CN(C(=O)COc2ccc(Cl)cc2)C[C@@H](C)N1Cc1ccc(F)cc1. The van der Waals surface area contributed by atoms with Crippen LogP contribution in [0.1, 0.15) is 19.4 Å². The molecule has 2 atom stereocenters. The van der Waals surface area contributed by atoms with Gasteiger partial charge < -0.3 is 9.64 Å². The lowest BCUT2D eigenvalue weighted by molar-refractivity contribution is -0.138. The number of rotatable bonds is 5. The van der Waals surface area contributed by atoms with Gasteiger partial charge in [-0.25, -0.2) is 4.39 Å². The maximum absolute atomic E-state index is 13.1. The molecule has 0 N–H and O–H groups in total. The van der Waals surface area contributed by atoms with Crippen LogP contribution in [0.5, 0.6) is 5.75 Å². The van der Waals surface area contributed by atoms with Crippen molar-refractivity contribution in [2.45, 2.75) is 32.5 Å². The number of benzene rings is 2. The third-order valence-electron chi connectivity index (χ3n) is 4.91. The molecule has 2 aromatic carbocycles. The van der Waals surface area contributed by atoms with E-state index in [1.165, 1.54) is 12.1 Å². The monoisotopic (exact) mass is 390 g/mol. The first kappa shape index (κ1) is 19.6. The van der Waals surface area contributed by atoms with Crippen molar-refractivity contribution in [3.63, 3.8) is 0 Å². The molecule has 0 bridgehead atoms. The van der Waals surface area contributed by atoms with Crippen molar-refractivity contribution in [2.24, 2.45) is 0 Å². The van der Waals surface area contributed by atoms with Crippen LogP contribution in [0.2, 0.25) is 5.02 Å². The molecule has 3 rings (SSSR count). The van der Waals surface area contributed by atoms with Crippen molar-refractivity contribution < 1.29 is 13.9 Å². The van der Waals surface area contributed by atoms with E-state index in [0.717, 1.165) is 12.1 Å². The Morgan fingerprint density at radius 3 is 2.26 bits per heavy atom. The molecule has 27 heavy (non-hydrogen) atoms. The average Bonchev–Trinajstić information content (AvgIpc) is 2.65. The number of carbonyl (C=O) groups excluding carboxylic acids is 1. The third kappa shape index (κ3) is 5.21. The Kier molecular flexibility index (Phi) is 6.34. The fourth-order valence-electron chi connectivity index (χ4n) is 3.44. The summed E-state index contributed by atoms with van der Waals surface area (Å²) in [4.78, 5) is 16.7. The third-order valence-corrected chi connectivity index (χ3v) is 5.16. The first-order chi connectivity index (χ1) is 12.9. The van der Waals surface area contributed by atoms with Crippen molar-refractivity contribution in [1.29, 1.82) is 0 Å². The summed E-state index contributed by atoms with van der Waals surface area (Å²) < 4.78 is 18.7. The van der Waals surface area contributed by atoms with Crippen molar-refractivity contribution >= 4 is 17.5 Å². The molecular weight excluding hydrogens is 367 g/mol. The molecule has 2 aromatic rings. The molecule has 0 unspecified atom stereocenters.